The van der Waals surface area contributed by atoms with Crippen molar-refractivity contribution in [2.24, 2.45) is 0 Å². The minimum absolute atomic E-state index is 0.0439. The zero-order chi connectivity index (χ0) is 63.3. The van der Waals surface area contributed by atoms with Gasteiger partial charge in [0.2, 0.25) is 13.4 Å². The quantitative estimate of drug-likeness (QED) is 0.0930. The maximum Gasteiger partial charge on any atom is 0.248 e. The van der Waals surface area contributed by atoms with Crippen molar-refractivity contribution < 1.29 is 0 Å². The number of benzene rings is 13. The molecule has 13 aromatic carbocycles. The van der Waals surface area contributed by atoms with E-state index in [1.165, 1.54) is 170 Å². The molecule has 5 heteroatoms. The number of hydrogen-bond acceptors (Lipinski definition) is 2. The molecule has 0 bridgehead atoms. The van der Waals surface area contributed by atoms with Crippen molar-refractivity contribution in [1.29, 1.82) is 0 Å². The summed E-state index contributed by atoms with van der Waals surface area (Å²) in [7, 11) is -3.33. The van der Waals surface area contributed by atoms with Crippen molar-refractivity contribution in [3.63, 3.8) is 0 Å². The molecular weight excluding hydrogens is 1120 g/mol. The third-order valence-electron chi connectivity index (χ3n) is 21.6. The van der Waals surface area contributed by atoms with Crippen LogP contribution in [0.3, 0.4) is 0 Å². The molecule has 17 rings (SSSR count). The lowest BCUT2D eigenvalue weighted by molar-refractivity contribution is 0.590. The molecule has 0 fully saturated rings. The molecule has 0 unspecified atom stereocenters. The average Bonchev–Trinajstić information content (AvgIpc) is 0.663. The van der Waals surface area contributed by atoms with Crippen molar-refractivity contribution in [3.05, 3.63) is 264 Å². The summed E-state index contributed by atoms with van der Waals surface area (Å²) in [6, 6.07) is 93.9. The van der Waals surface area contributed by atoms with Gasteiger partial charge in [0.1, 0.15) is 0 Å². The van der Waals surface area contributed by atoms with Gasteiger partial charge in [0, 0.05) is 34.1 Å². The largest absolute Gasteiger partial charge is 0.311 e. The molecule has 0 saturated carbocycles. The van der Waals surface area contributed by atoms with Gasteiger partial charge in [0.05, 0.1) is 0 Å². The van der Waals surface area contributed by atoms with Crippen molar-refractivity contribution >= 4 is 141 Å². The summed E-state index contributed by atoms with van der Waals surface area (Å²) in [6.45, 7) is 30.9. The first-order valence-electron chi connectivity index (χ1n) is 33.5. The number of nitrogens with zero attached hydrogens (tertiary/aromatic N) is 2. The van der Waals surface area contributed by atoms with Crippen LogP contribution in [-0.2, 0) is 21.7 Å². The molecule has 0 radical (unpaired) electrons. The van der Waals surface area contributed by atoms with E-state index >= 15 is 0 Å². The van der Waals surface area contributed by atoms with Crippen LogP contribution in [0.15, 0.2) is 237 Å². The second-order valence-electron chi connectivity index (χ2n) is 31.3. The number of para-hydroxylation sites is 2. The number of aryl methyl sites for hydroxylation is 1. The van der Waals surface area contributed by atoms with E-state index in [0.29, 0.717) is 0 Å². The van der Waals surface area contributed by atoms with Crippen molar-refractivity contribution in [3.8, 4) is 22.3 Å². The maximum absolute atomic E-state index is 3.33. The van der Waals surface area contributed by atoms with Crippen molar-refractivity contribution in [2.75, 3.05) is 9.80 Å². The Bertz CT molecular complexity index is 5110. The lowest BCUT2D eigenvalue weighted by Gasteiger charge is -2.44. The average molecular weight is 1200 g/mol. The molecule has 4 heterocycles. The Kier molecular flexibility index (Phi) is 12.2. The van der Waals surface area contributed by atoms with Gasteiger partial charge in [0.25, 0.3) is 0 Å². The zero-order valence-electron chi connectivity index (χ0n) is 55.6. The van der Waals surface area contributed by atoms with Gasteiger partial charge >= 0.3 is 0 Å². The lowest BCUT2D eigenvalue weighted by atomic mass is 9.31. The van der Waals surface area contributed by atoms with Crippen LogP contribution >= 0.6 is 0 Å². The maximum atomic E-state index is 2.79. The first kappa shape index (κ1) is 56.8. The predicted octanol–water partition coefficient (Wildman–Crippen LogP) is 16.0. The molecule has 0 aromatic heterocycles. The summed E-state index contributed by atoms with van der Waals surface area (Å²) in [5.41, 5.74) is 27.4. The summed E-state index contributed by atoms with van der Waals surface area (Å²) >= 11 is 0. The molecule has 0 spiro atoms. The second kappa shape index (κ2) is 19.7. The van der Waals surface area contributed by atoms with E-state index < -0.39 is 8.07 Å². The van der Waals surface area contributed by atoms with Crippen LogP contribution in [0.5, 0.6) is 0 Å². The Morgan fingerprint density at radius 2 is 0.641 bits per heavy atom. The highest BCUT2D eigenvalue weighted by molar-refractivity contribution is 7.21. The van der Waals surface area contributed by atoms with Crippen molar-refractivity contribution in [2.45, 2.75) is 112 Å². The van der Waals surface area contributed by atoms with E-state index in [1.807, 2.05) is 0 Å². The molecule has 446 valence electrons. The Balaban J connectivity index is 1.12. The van der Waals surface area contributed by atoms with Crippen LogP contribution in [0.2, 0.25) is 0 Å². The monoisotopic (exact) mass is 1200 g/mol. The van der Waals surface area contributed by atoms with Gasteiger partial charge in [-0.1, -0.05) is 282 Å². The third kappa shape index (κ3) is 8.06. The molecule has 13 aromatic rings. The Labute approximate surface area is 546 Å². The molecule has 0 amide bonds. The van der Waals surface area contributed by atoms with Crippen LogP contribution in [-0.4, -0.2) is 21.5 Å². The van der Waals surface area contributed by atoms with E-state index in [2.05, 4.69) is 336 Å². The van der Waals surface area contributed by atoms with Gasteiger partial charge in [-0.2, -0.15) is 0 Å². The van der Waals surface area contributed by atoms with Gasteiger partial charge < -0.3 is 9.80 Å². The molecule has 92 heavy (non-hydrogen) atoms. The van der Waals surface area contributed by atoms with E-state index in [0.717, 1.165) is 0 Å². The Morgan fingerprint density at radius 3 is 1.03 bits per heavy atom. The molecule has 4 aliphatic rings. The molecular formula is C87H78B2N2Si. The Morgan fingerprint density at radius 1 is 0.293 bits per heavy atom. The normalized spacial score (nSPS) is 14.1. The SMILES string of the molecule is Cc1cc2c3c(cc4c([Si](c5ccccc5)(c5ccccc5)c5ccccc5)cc5c6c(cc1c3c46)B1c3ccc(C(C)(C)C)cc3N(c3ccccc3)c3cc(C(C)(C)C)cc-5c31)B1c3ccc(C(C)(C)C)cc3N(c3ccccc3)c3cc(C(C)(C)C)cc-2c31. The minimum Gasteiger partial charge on any atom is -0.311 e. The molecule has 0 atom stereocenters. The highest BCUT2D eigenvalue weighted by atomic mass is 28.3. The van der Waals surface area contributed by atoms with E-state index in [9.17, 15) is 0 Å². The first-order valence-corrected chi connectivity index (χ1v) is 35.5. The summed E-state index contributed by atoms with van der Waals surface area (Å²) < 4.78 is 0. The molecule has 2 nitrogen and oxygen atoms in total. The fourth-order valence-electron chi connectivity index (χ4n) is 17.1. The molecule has 4 aliphatic heterocycles. The van der Waals surface area contributed by atoms with Crippen LogP contribution in [0, 0.1) is 6.92 Å². The van der Waals surface area contributed by atoms with Gasteiger partial charge in [-0.05, 0) is 202 Å². The van der Waals surface area contributed by atoms with Crippen LogP contribution < -0.4 is 63.3 Å². The fourth-order valence-corrected chi connectivity index (χ4v) is 22.0. The van der Waals surface area contributed by atoms with Crippen LogP contribution in [0.25, 0.3) is 54.6 Å². The number of rotatable bonds is 6. The van der Waals surface area contributed by atoms with Gasteiger partial charge in [-0.3, -0.25) is 0 Å². The second-order valence-corrected chi connectivity index (χ2v) is 35.0. The highest BCUT2D eigenvalue weighted by Crippen LogP contribution is 2.51. The standard InChI is InChI=1S/C87H78B2N2Si/c1-53-43-64-66-44-56(86(8,9)10)48-75-82(66)89(70-42-40-55(85(5,6)7)47-74(70)90(75)58-29-19-14-20-30-58)72-51-68-77(92(60-33-23-16-24-34-60,61-35-25-17-26-36-61)62-37-27-18-28-38-62)52-65-67-45-57(87(11,12)13)49-76-83(67)88(71-50-63(53)80(78(64)72)81(68)79(65)71)69-41-39-54(84(2,3)4)46-73(69)91(76)59-31-21-15-22-32-59/h14-52H,1-13H3. The zero-order valence-corrected chi connectivity index (χ0v) is 56.6. The van der Waals surface area contributed by atoms with Gasteiger partial charge in [-0.25, -0.2) is 0 Å². The van der Waals surface area contributed by atoms with Gasteiger partial charge in [0.15, 0.2) is 8.07 Å². The number of hydrogen-bond donors (Lipinski definition) is 0. The topological polar surface area (TPSA) is 6.48 Å². The first-order chi connectivity index (χ1) is 44.1. The lowest BCUT2D eigenvalue weighted by Crippen LogP contribution is -2.75. The van der Waals surface area contributed by atoms with E-state index in [-0.39, 0.29) is 35.1 Å². The fraction of sp³-hybridized carbons (Fsp3) is 0.195. The highest BCUT2D eigenvalue weighted by Gasteiger charge is 2.50. The predicted molar refractivity (Wildman–Crippen MR) is 403 cm³/mol. The Hall–Kier alpha value is -9.15. The summed E-state index contributed by atoms with van der Waals surface area (Å²) in [5, 5.41) is 13.9. The summed E-state index contributed by atoms with van der Waals surface area (Å²) in [5.74, 6) is 0. The van der Waals surface area contributed by atoms with Crippen molar-refractivity contribution in [1.82, 2.24) is 0 Å². The smallest absolute Gasteiger partial charge is 0.248 e. The van der Waals surface area contributed by atoms with E-state index in [1.54, 1.807) is 0 Å². The molecule has 0 aliphatic carbocycles. The molecule has 0 N–H and O–H groups in total. The van der Waals surface area contributed by atoms with E-state index in [4.69, 9.17) is 0 Å². The van der Waals surface area contributed by atoms with Crippen LogP contribution in [0.1, 0.15) is 111 Å². The summed E-state index contributed by atoms with van der Waals surface area (Å²) in [4.78, 5) is 5.26. The van der Waals surface area contributed by atoms with Gasteiger partial charge in [-0.15, -0.1) is 0 Å². The summed E-state index contributed by atoms with van der Waals surface area (Å²) in [6.07, 6.45) is 0. The molecule has 0 saturated heterocycles. The number of fused-ring (bicyclic) bond motifs is 8. The van der Waals surface area contributed by atoms with Crippen LogP contribution in [0.4, 0.5) is 34.1 Å². The third-order valence-corrected chi connectivity index (χ3v) is 26.4. The minimum atomic E-state index is -3.33. The number of anilines is 6.